The number of carbonyl (C=O) groups is 4. The van der Waals surface area contributed by atoms with Crippen LogP contribution in [0, 0.1) is 0 Å². The van der Waals surface area contributed by atoms with Crippen LogP contribution in [0.3, 0.4) is 0 Å². The maximum Gasteiger partial charge on any atom is 0.233 e. The maximum absolute atomic E-state index is 11.8. The molecule has 4 aromatic rings. The van der Waals surface area contributed by atoms with Gasteiger partial charge in [0.05, 0.1) is 0 Å². The highest BCUT2D eigenvalue weighted by molar-refractivity contribution is 7.36. The molecule has 37 heavy (non-hydrogen) atoms. The van der Waals surface area contributed by atoms with Crippen LogP contribution in [0.15, 0.2) is 121 Å². The average Bonchev–Trinajstić information content (AvgIpc) is 2.98. The van der Waals surface area contributed by atoms with Gasteiger partial charge >= 0.3 is 0 Å². The summed E-state index contributed by atoms with van der Waals surface area (Å²) < 4.78 is 0. The fourth-order valence-corrected chi connectivity index (χ4v) is 2.88. The molecule has 6 heteroatoms. The van der Waals surface area contributed by atoms with E-state index >= 15 is 0 Å². The van der Waals surface area contributed by atoms with Crippen LogP contribution >= 0.6 is 21.0 Å². The molecule has 0 radical (unpaired) electrons. The van der Waals surface area contributed by atoms with Crippen molar-refractivity contribution in [2.45, 2.75) is 6.92 Å². The highest BCUT2D eigenvalue weighted by atomic mass is 35.5. The first-order valence-corrected chi connectivity index (χ1v) is 13.2. The summed E-state index contributed by atoms with van der Waals surface area (Å²) in [6.07, 6.45) is 1.35. The van der Waals surface area contributed by atoms with Crippen molar-refractivity contribution in [2.24, 2.45) is 0 Å². The van der Waals surface area contributed by atoms with Crippen molar-refractivity contribution in [3.63, 3.8) is 0 Å². The zero-order valence-electron chi connectivity index (χ0n) is 20.8. The molecule has 0 saturated heterocycles. The lowest BCUT2D eigenvalue weighted by Gasteiger charge is -1.99. The SMILES string of the molecule is CCPC.Cl.O=C(C(=O)c1ccccc1)c1ccccc1.O=C(C(=O)c1ccccc1)c1ccccc1. The third-order valence-electron chi connectivity index (χ3n) is 4.91. The molecule has 4 aromatic carbocycles. The van der Waals surface area contributed by atoms with E-state index in [-0.39, 0.29) is 12.4 Å². The standard InChI is InChI=1S/2C14H10O2.C3H9P.ClH/c2*15-13(11-7-3-1-4-8-11)14(16)12-9-5-2-6-10-12;1-3-4-2;/h2*1-10H;4H,3H2,1-2H3;1H. The Balaban J connectivity index is 0.000000316. The van der Waals surface area contributed by atoms with Gasteiger partial charge in [0.15, 0.2) is 0 Å². The molecule has 0 aliphatic rings. The molecule has 0 spiro atoms. The lowest BCUT2D eigenvalue weighted by molar-refractivity contribution is 0.0817. The minimum Gasteiger partial charge on any atom is -0.285 e. The van der Waals surface area contributed by atoms with Gasteiger partial charge < -0.3 is 0 Å². The van der Waals surface area contributed by atoms with Crippen molar-refractivity contribution in [3.05, 3.63) is 144 Å². The highest BCUT2D eigenvalue weighted by Crippen LogP contribution is 2.08. The van der Waals surface area contributed by atoms with Crippen molar-refractivity contribution in [1.82, 2.24) is 0 Å². The Morgan fingerprint density at radius 1 is 0.459 bits per heavy atom. The molecule has 0 aromatic heterocycles. The lowest BCUT2D eigenvalue weighted by atomic mass is 10.0. The summed E-state index contributed by atoms with van der Waals surface area (Å²) >= 11 is 0. The van der Waals surface area contributed by atoms with Gasteiger partial charge in [-0.3, -0.25) is 19.2 Å². The van der Waals surface area contributed by atoms with Crippen LogP contribution in [-0.4, -0.2) is 36.0 Å². The number of hydrogen-bond donors (Lipinski definition) is 0. The Hall–Kier alpha value is -3.72. The van der Waals surface area contributed by atoms with Gasteiger partial charge in [-0.15, -0.1) is 21.0 Å². The lowest BCUT2D eigenvalue weighted by Crippen LogP contribution is -2.14. The van der Waals surface area contributed by atoms with E-state index in [4.69, 9.17) is 0 Å². The van der Waals surface area contributed by atoms with Gasteiger partial charge in [-0.1, -0.05) is 128 Å². The Morgan fingerprint density at radius 3 is 0.757 bits per heavy atom. The van der Waals surface area contributed by atoms with Gasteiger partial charge in [-0.05, 0) is 12.8 Å². The predicted molar refractivity (Wildman–Crippen MR) is 155 cm³/mol. The summed E-state index contributed by atoms with van der Waals surface area (Å²) in [6, 6.07) is 34.3. The molecule has 0 amide bonds. The molecule has 0 bridgehead atoms. The largest absolute Gasteiger partial charge is 0.285 e. The van der Waals surface area contributed by atoms with E-state index in [0.29, 0.717) is 22.3 Å². The molecule has 0 N–H and O–H groups in total. The molecule has 0 aliphatic carbocycles. The van der Waals surface area contributed by atoms with E-state index in [0.717, 1.165) is 8.58 Å². The number of Topliss-reactive ketones (excluding diaryl/α,β-unsaturated/α-hetero) is 4. The second kappa shape index (κ2) is 17.7. The number of rotatable bonds is 7. The van der Waals surface area contributed by atoms with Crippen molar-refractivity contribution >= 4 is 44.1 Å². The third-order valence-corrected chi connectivity index (χ3v) is 5.62. The Labute approximate surface area is 226 Å². The number of halogens is 1. The van der Waals surface area contributed by atoms with Gasteiger partial charge in [0.1, 0.15) is 0 Å². The molecule has 0 fully saturated rings. The van der Waals surface area contributed by atoms with Crippen LogP contribution in [0.1, 0.15) is 48.4 Å². The smallest absolute Gasteiger partial charge is 0.233 e. The van der Waals surface area contributed by atoms with Gasteiger partial charge in [-0.2, -0.15) is 0 Å². The van der Waals surface area contributed by atoms with Gasteiger partial charge in [0, 0.05) is 22.3 Å². The molecule has 4 nitrogen and oxygen atoms in total. The molecule has 1 atom stereocenters. The van der Waals surface area contributed by atoms with Crippen molar-refractivity contribution < 1.29 is 19.2 Å². The first-order valence-electron chi connectivity index (χ1n) is 11.5. The van der Waals surface area contributed by atoms with Crippen LogP contribution < -0.4 is 0 Å². The van der Waals surface area contributed by atoms with E-state index in [1.165, 1.54) is 6.16 Å². The molecule has 1 unspecified atom stereocenters. The van der Waals surface area contributed by atoms with E-state index in [2.05, 4.69) is 13.6 Å². The van der Waals surface area contributed by atoms with Crippen molar-refractivity contribution in [2.75, 3.05) is 12.8 Å². The Morgan fingerprint density at radius 2 is 0.622 bits per heavy atom. The summed E-state index contributed by atoms with van der Waals surface area (Å²) in [6.45, 7) is 4.40. The second-order valence-electron chi connectivity index (χ2n) is 7.49. The minimum absolute atomic E-state index is 0. The number of ketones is 4. The van der Waals surface area contributed by atoms with Crippen LogP contribution in [0.5, 0.6) is 0 Å². The third kappa shape index (κ3) is 10.4. The number of benzene rings is 4. The Kier molecular flexibility index (Phi) is 15.0. The molecular weight excluding hydrogens is 503 g/mol. The second-order valence-corrected chi connectivity index (χ2v) is 8.90. The molecule has 0 saturated carbocycles. The van der Waals surface area contributed by atoms with Gasteiger partial charge in [-0.25, -0.2) is 0 Å². The summed E-state index contributed by atoms with van der Waals surface area (Å²) in [5.41, 5.74) is 1.71. The van der Waals surface area contributed by atoms with Gasteiger partial charge in [0.25, 0.3) is 0 Å². The predicted octanol–water partition coefficient (Wildman–Crippen LogP) is 7.24. The van der Waals surface area contributed by atoms with E-state index in [1.807, 2.05) is 24.3 Å². The molecular formula is C31H30ClO4P. The maximum atomic E-state index is 11.8. The first-order chi connectivity index (χ1) is 17.5. The number of hydrogen-bond acceptors (Lipinski definition) is 4. The normalized spacial score (nSPS) is 9.57. The fraction of sp³-hybridized carbons (Fsp3) is 0.0968. The van der Waals surface area contributed by atoms with E-state index in [9.17, 15) is 19.2 Å². The van der Waals surface area contributed by atoms with Gasteiger partial charge in [0.2, 0.25) is 23.1 Å². The summed E-state index contributed by atoms with van der Waals surface area (Å²) in [7, 11) is 1.14. The van der Waals surface area contributed by atoms with E-state index < -0.39 is 23.1 Å². The zero-order valence-corrected chi connectivity index (χ0v) is 22.6. The van der Waals surface area contributed by atoms with Crippen molar-refractivity contribution in [3.8, 4) is 0 Å². The number of carbonyl (C=O) groups excluding carboxylic acids is 4. The Bertz CT molecular complexity index is 1050. The highest BCUT2D eigenvalue weighted by Gasteiger charge is 2.18. The van der Waals surface area contributed by atoms with Crippen LogP contribution in [0.4, 0.5) is 0 Å². The zero-order chi connectivity index (χ0) is 26.2. The average molecular weight is 533 g/mol. The summed E-state index contributed by atoms with van der Waals surface area (Å²) in [4.78, 5) is 47.2. The topological polar surface area (TPSA) is 68.3 Å². The molecule has 0 heterocycles. The fourth-order valence-electron chi connectivity index (χ4n) is 2.88. The first kappa shape index (κ1) is 31.3. The van der Waals surface area contributed by atoms with Crippen LogP contribution in [0.2, 0.25) is 0 Å². The van der Waals surface area contributed by atoms with Crippen molar-refractivity contribution in [1.29, 1.82) is 0 Å². The molecule has 4 rings (SSSR count). The van der Waals surface area contributed by atoms with Crippen LogP contribution in [0.25, 0.3) is 0 Å². The van der Waals surface area contributed by atoms with Crippen LogP contribution in [-0.2, 0) is 0 Å². The molecule has 190 valence electrons. The quantitative estimate of drug-likeness (QED) is 0.143. The summed E-state index contributed by atoms with van der Waals surface area (Å²) in [5, 5.41) is 0. The molecule has 0 aliphatic heterocycles. The van der Waals surface area contributed by atoms with E-state index in [1.54, 1.807) is 97.1 Å². The summed E-state index contributed by atoms with van der Waals surface area (Å²) in [5.74, 6) is -1.86. The monoisotopic (exact) mass is 532 g/mol. The minimum atomic E-state index is -0.466.